The Kier molecular flexibility index (Phi) is 18.1. The summed E-state index contributed by atoms with van der Waals surface area (Å²) in [7, 11) is 9.87. The van der Waals surface area contributed by atoms with Gasteiger partial charge in [0.1, 0.15) is 0 Å². The molecule has 33 heavy (non-hydrogen) atoms. The van der Waals surface area contributed by atoms with Crippen LogP contribution in [0.15, 0.2) is 60.7 Å². The van der Waals surface area contributed by atoms with Gasteiger partial charge in [-0.15, -0.1) is 0 Å². The Labute approximate surface area is 222 Å². The van der Waals surface area contributed by atoms with Gasteiger partial charge in [0.15, 0.2) is 0 Å². The summed E-state index contributed by atoms with van der Waals surface area (Å²) >= 11 is -0.826. The van der Waals surface area contributed by atoms with E-state index in [-0.39, 0.29) is 0 Å². The molecular formula is C30H39Cl2Zr-3. The first-order valence-electron chi connectivity index (χ1n) is 12.1. The van der Waals surface area contributed by atoms with Crippen LogP contribution in [0.2, 0.25) is 0 Å². The Bertz CT molecular complexity index is 745. The van der Waals surface area contributed by atoms with E-state index in [1.165, 1.54) is 60.8 Å². The van der Waals surface area contributed by atoms with E-state index < -0.39 is 20.8 Å². The Morgan fingerprint density at radius 2 is 1.09 bits per heavy atom. The molecule has 0 fully saturated rings. The van der Waals surface area contributed by atoms with Crippen LogP contribution in [0.5, 0.6) is 0 Å². The fraction of sp³-hybridized carbons (Fsp3) is 0.367. The second-order valence-corrected chi connectivity index (χ2v) is 11.5. The number of unbranched alkanes of at least 4 members (excludes halogenated alkanes) is 4. The van der Waals surface area contributed by atoms with Crippen LogP contribution in [0, 0.1) is 19.8 Å². The van der Waals surface area contributed by atoms with Gasteiger partial charge in [-0.2, -0.15) is 32.6 Å². The summed E-state index contributed by atoms with van der Waals surface area (Å²) in [6.45, 7) is 9.41. The van der Waals surface area contributed by atoms with Crippen LogP contribution >= 0.6 is 17.0 Å². The molecule has 2 unspecified atom stereocenters. The maximum absolute atomic E-state index is 4.93. The molecule has 2 atom stereocenters. The van der Waals surface area contributed by atoms with E-state index in [2.05, 4.69) is 106 Å². The predicted octanol–water partition coefficient (Wildman–Crippen LogP) is 10.6. The van der Waals surface area contributed by atoms with E-state index >= 15 is 0 Å². The maximum atomic E-state index is 4.93. The van der Waals surface area contributed by atoms with E-state index in [0.29, 0.717) is 11.8 Å². The van der Waals surface area contributed by atoms with Crippen molar-refractivity contribution in [3.63, 3.8) is 0 Å². The molecule has 0 bridgehead atoms. The predicted molar refractivity (Wildman–Crippen MR) is 147 cm³/mol. The molecule has 0 heterocycles. The van der Waals surface area contributed by atoms with Crippen LogP contribution in [0.4, 0.5) is 0 Å². The van der Waals surface area contributed by atoms with Gasteiger partial charge in [-0.05, 0) is 22.3 Å². The number of rotatable bonds is 8. The molecule has 0 spiro atoms. The van der Waals surface area contributed by atoms with Crippen LogP contribution in [0.1, 0.15) is 93.4 Å². The molecule has 2 aromatic rings. The van der Waals surface area contributed by atoms with Crippen molar-refractivity contribution in [3.05, 3.63) is 103 Å². The van der Waals surface area contributed by atoms with Crippen LogP contribution in [-0.2, 0) is 20.8 Å². The van der Waals surface area contributed by atoms with Crippen LogP contribution < -0.4 is 0 Å². The number of hydrogen-bond acceptors (Lipinski definition) is 0. The van der Waals surface area contributed by atoms with Gasteiger partial charge in [-0.1, -0.05) is 99.5 Å². The summed E-state index contributed by atoms with van der Waals surface area (Å²) < 4.78 is 0. The minimum absolute atomic E-state index is 0.661. The summed E-state index contributed by atoms with van der Waals surface area (Å²) in [6, 6.07) is 17.4. The molecule has 0 saturated carbocycles. The number of allylic oxidation sites excluding steroid dienone is 2. The number of halogens is 2. The molecule has 2 aromatic carbocycles. The molecule has 180 valence electrons. The zero-order valence-electron chi connectivity index (χ0n) is 20.4. The van der Waals surface area contributed by atoms with E-state index in [4.69, 9.17) is 17.0 Å². The molecule has 0 aromatic heterocycles. The number of fused-ring (bicyclic) bond motifs is 2. The molecule has 2 aliphatic carbocycles. The Morgan fingerprint density at radius 3 is 1.45 bits per heavy atom. The molecule has 2 aliphatic rings. The Hall–Kier alpha value is -0.617. The van der Waals surface area contributed by atoms with Gasteiger partial charge in [0.05, 0.1) is 0 Å². The third-order valence-corrected chi connectivity index (χ3v) is 5.75. The normalized spacial score (nSPS) is 16.3. The minimum atomic E-state index is -0.826. The second kappa shape index (κ2) is 19.7. The molecule has 0 aliphatic heterocycles. The zero-order valence-corrected chi connectivity index (χ0v) is 24.4. The summed E-state index contributed by atoms with van der Waals surface area (Å²) in [5.74, 6) is 1.32. The summed E-state index contributed by atoms with van der Waals surface area (Å²) in [4.78, 5) is 0. The van der Waals surface area contributed by atoms with Gasteiger partial charge < -0.3 is 19.8 Å². The van der Waals surface area contributed by atoms with Crippen LogP contribution in [-0.4, -0.2) is 0 Å². The topological polar surface area (TPSA) is 0 Å². The molecular weight excluding hydrogens is 522 g/mol. The first-order valence-corrected chi connectivity index (χ1v) is 18.4. The number of hydrogen-bond donors (Lipinski definition) is 0. The van der Waals surface area contributed by atoms with Gasteiger partial charge in [0, 0.05) is 11.8 Å². The van der Waals surface area contributed by atoms with E-state index in [9.17, 15) is 0 Å². The van der Waals surface area contributed by atoms with E-state index in [1.54, 1.807) is 6.92 Å². The van der Waals surface area contributed by atoms with Crippen molar-refractivity contribution < 1.29 is 20.8 Å². The molecule has 0 radical (unpaired) electrons. The summed E-state index contributed by atoms with van der Waals surface area (Å²) in [5, 5.41) is 0. The van der Waals surface area contributed by atoms with E-state index in [1.807, 2.05) is 0 Å². The third kappa shape index (κ3) is 11.1. The van der Waals surface area contributed by atoms with Gasteiger partial charge in [-0.3, -0.25) is 0 Å². The van der Waals surface area contributed by atoms with Gasteiger partial charge in [-0.25, -0.2) is 0 Å². The Morgan fingerprint density at radius 1 is 0.727 bits per heavy atom. The molecule has 0 amide bonds. The van der Waals surface area contributed by atoms with Crippen molar-refractivity contribution in [2.75, 3.05) is 0 Å². The van der Waals surface area contributed by atoms with Crippen molar-refractivity contribution >= 4 is 29.2 Å². The van der Waals surface area contributed by atoms with E-state index in [0.717, 1.165) is 0 Å². The molecule has 0 N–H and O–H groups in total. The van der Waals surface area contributed by atoms with Crippen molar-refractivity contribution in [2.45, 2.75) is 71.1 Å². The quantitative estimate of drug-likeness (QED) is 0.222. The monoisotopic (exact) mass is 559 g/mol. The summed E-state index contributed by atoms with van der Waals surface area (Å²) in [5.41, 5.74) is 5.84. The van der Waals surface area contributed by atoms with Gasteiger partial charge in [0.25, 0.3) is 0 Å². The average molecular weight is 562 g/mol. The zero-order chi connectivity index (χ0) is 24.3. The number of benzene rings is 2. The van der Waals surface area contributed by atoms with Crippen LogP contribution in [0.3, 0.4) is 0 Å². The fourth-order valence-corrected chi connectivity index (χ4v) is 4.15. The van der Waals surface area contributed by atoms with Crippen molar-refractivity contribution in [2.24, 2.45) is 0 Å². The first-order chi connectivity index (χ1) is 16.2. The molecule has 3 heteroatoms. The molecule has 4 rings (SSSR count). The fourth-order valence-electron chi connectivity index (χ4n) is 4.15. The first kappa shape index (κ1) is 30.4. The van der Waals surface area contributed by atoms with Crippen LogP contribution in [0.25, 0.3) is 12.2 Å². The average Bonchev–Trinajstić information content (AvgIpc) is 3.46. The van der Waals surface area contributed by atoms with Crippen molar-refractivity contribution in [1.29, 1.82) is 0 Å². The molecule has 0 saturated heterocycles. The second-order valence-electron chi connectivity index (χ2n) is 7.81. The van der Waals surface area contributed by atoms with Crippen molar-refractivity contribution in [1.82, 2.24) is 0 Å². The SMILES string of the molecule is CC[CH-]CCC1C=Cc2ccccc21.CC[CH-]CCC1C=Cc2ccccc21.[CH2-]C.[Cl][Zr][Cl]. The standard InChI is InChI=1S/2C14H17.C2H5.2ClH.Zr/c2*1-2-3-4-7-12-10-11-13-8-5-6-9-14(12)13;1-2;;;/h2*3,5-6,8-12H,2,4,7H2,1H3;1H2,2H3;2*1H;/q3*-1;;;+2/p-2. The molecule has 0 nitrogen and oxygen atoms in total. The van der Waals surface area contributed by atoms with Gasteiger partial charge in [0.2, 0.25) is 0 Å². The Balaban J connectivity index is 0.000000277. The van der Waals surface area contributed by atoms with Crippen molar-refractivity contribution in [3.8, 4) is 0 Å². The van der Waals surface area contributed by atoms with Gasteiger partial charge >= 0.3 is 37.9 Å². The third-order valence-electron chi connectivity index (χ3n) is 5.75. The summed E-state index contributed by atoms with van der Waals surface area (Å²) in [6.07, 6.45) is 21.3.